The second-order valence-electron chi connectivity index (χ2n) is 1.68. The number of rotatable bonds is 5. The van der Waals surface area contributed by atoms with E-state index in [4.69, 9.17) is 9.47 Å². The zero-order valence-electron chi connectivity index (χ0n) is 5.89. The van der Waals surface area contributed by atoms with E-state index in [9.17, 15) is 0 Å². The summed E-state index contributed by atoms with van der Waals surface area (Å²) in [5, 5.41) is 0.188. The van der Waals surface area contributed by atoms with Crippen molar-refractivity contribution in [3.05, 3.63) is 0 Å². The fourth-order valence-electron chi connectivity index (χ4n) is 0.377. The average molecular weight is 197 g/mol. The molecule has 0 aromatic rings. The molecule has 0 aliphatic rings. The van der Waals surface area contributed by atoms with Gasteiger partial charge in [0.2, 0.25) is 0 Å². The van der Waals surface area contributed by atoms with Gasteiger partial charge in [0.05, 0.1) is 13.2 Å². The molecular weight excluding hydrogens is 184 g/mol. The number of ether oxygens (including phenoxy) is 2. The second-order valence-corrected chi connectivity index (χ2v) is 2.70. The highest BCUT2D eigenvalue weighted by atomic mass is 79.9. The zero-order valence-corrected chi connectivity index (χ0v) is 7.48. The molecule has 0 aromatic carbocycles. The van der Waals surface area contributed by atoms with Crippen LogP contribution in [0.1, 0.15) is 13.3 Å². The Labute approximate surface area is 64.7 Å². The first kappa shape index (κ1) is 9.40. The van der Waals surface area contributed by atoms with Crippen molar-refractivity contribution in [2.24, 2.45) is 0 Å². The molecule has 0 bridgehead atoms. The van der Waals surface area contributed by atoms with Crippen molar-refractivity contribution in [1.82, 2.24) is 0 Å². The molecule has 1 atom stereocenters. The highest BCUT2D eigenvalue weighted by molar-refractivity contribution is 9.09. The van der Waals surface area contributed by atoms with Gasteiger partial charge in [-0.3, -0.25) is 0 Å². The number of alkyl halides is 1. The van der Waals surface area contributed by atoms with Gasteiger partial charge in [0, 0.05) is 7.11 Å². The summed E-state index contributed by atoms with van der Waals surface area (Å²) < 4.78 is 10.0. The molecule has 0 aromatic heterocycles. The van der Waals surface area contributed by atoms with E-state index >= 15 is 0 Å². The molecule has 0 heterocycles. The molecule has 0 amide bonds. The number of methoxy groups -OCH3 is 1. The Morgan fingerprint density at radius 1 is 1.44 bits per heavy atom. The molecule has 0 fully saturated rings. The minimum Gasteiger partial charge on any atom is -0.382 e. The highest BCUT2D eigenvalue weighted by Crippen LogP contribution is 2.04. The molecule has 2 nitrogen and oxygen atoms in total. The van der Waals surface area contributed by atoms with Crippen LogP contribution in [0.4, 0.5) is 0 Å². The van der Waals surface area contributed by atoms with Crippen molar-refractivity contribution in [1.29, 1.82) is 0 Å². The van der Waals surface area contributed by atoms with Crippen LogP contribution in [0.25, 0.3) is 0 Å². The third-order valence-electron chi connectivity index (χ3n) is 0.907. The van der Waals surface area contributed by atoms with Crippen molar-refractivity contribution in [2.45, 2.75) is 18.4 Å². The van der Waals surface area contributed by atoms with Crippen molar-refractivity contribution in [2.75, 3.05) is 20.3 Å². The van der Waals surface area contributed by atoms with E-state index in [0.29, 0.717) is 13.2 Å². The predicted octanol–water partition coefficient (Wildman–Crippen LogP) is 1.78. The molecule has 0 saturated carbocycles. The van der Waals surface area contributed by atoms with E-state index in [1.165, 1.54) is 0 Å². The van der Waals surface area contributed by atoms with Gasteiger partial charge < -0.3 is 9.47 Å². The van der Waals surface area contributed by atoms with Crippen LogP contribution in [-0.4, -0.2) is 25.3 Å². The standard InChI is InChI=1S/C6H13BrO2/c1-3-6(7)9-5-4-8-2/h6H,3-5H2,1-2H3. The fourth-order valence-corrected chi connectivity index (χ4v) is 0.564. The predicted molar refractivity (Wildman–Crippen MR) is 40.8 cm³/mol. The number of halogens is 1. The number of hydrogen-bond donors (Lipinski definition) is 0. The summed E-state index contributed by atoms with van der Waals surface area (Å²) in [7, 11) is 1.67. The minimum atomic E-state index is 0.188. The van der Waals surface area contributed by atoms with E-state index in [0.717, 1.165) is 6.42 Å². The Balaban J connectivity index is 2.88. The van der Waals surface area contributed by atoms with Gasteiger partial charge in [-0.1, -0.05) is 22.9 Å². The Morgan fingerprint density at radius 3 is 2.56 bits per heavy atom. The van der Waals surface area contributed by atoms with Gasteiger partial charge in [0.25, 0.3) is 0 Å². The largest absolute Gasteiger partial charge is 0.382 e. The van der Waals surface area contributed by atoms with Gasteiger partial charge in [-0.2, -0.15) is 0 Å². The van der Waals surface area contributed by atoms with Gasteiger partial charge in [-0.25, -0.2) is 0 Å². The minimum absolute atomic E-state index is 0.188. The maximum atomic E-state index is 5.22. The van der Waals surface area contributed by atoms with Crippen LogP contribution < -0.4 is 0 Å². The maximum Gasteiger partial charge on any atom is 0.112 e. The Hall–Kier alpha value is 0.400. The van der Waals surface area contributed by atoms with Crippen LogP contribution >= 0.6 is 15.9 Å². The van der Waals surface area contributed by atoms with Crippen LogP contribution in [0.2, 0.25) is 0 Å². The van der Waals surface area contributed by atoms with Crippen molar-refractivity contribution in [3.63, 3.8) is 0 Å². The molecular formula is C6H13BrO2. The van der Waals surface area contributed by atoms with Crippen molar-refractivity contribution < 1.29 is 9.47 Å². The molecule has 0 N–H and O–H groups in total. The maximum absolute atomic E-state index is 5.22. The van der Waals surface area contributed by atoms with Gasteiger partial charge in [0.15, 0.2) is 0 Å². The quantitative estimate of drug-likeness (QED) is 0.494. The molecule has 3 heteroatoms. The normalized spacial score (nSPS) is 13.7. The summed E-state index contributed by atoms with van der Waals surface area (Å²) in [6.07, 6.45) is 0.990. The molecule has 1 unspecified atom stereocenters. The lowest BCUT2D eigenvalue weighted by molar-refractivity contribution is 0.0588. The van der Waals surface area contributed by atoms with Gasteiger partial charge >= 0.3 is 0 Å². The first-order valence-corrected chi connectivity index (χ1v) is 3.97. The molecule has 0 aliphatic carbocycles. The average Bonchev–Trinajstić information content (AvgIpc) is 1.89. The van der Waals surface area contributed by atoms with Gasteiger partial charge in [-0.15, -0.1) is 0 Å². The van der Waals surface area contributed by atoms with Crippen LogP contribution in [0, 0.1) is 0 Å². The Kier molecular flexibility index (Phi) is 6.81. The van der Waals surface area contributed by atoms with E-state index in [1.54, 1.807) is 7.11 Å². The summed E-state index contributed by atoms with van der Waals surface area (Å²) >= 11 is 3.33. The SMILES string of the molecule is CCC(Br)OCCOC. The summed E-state index contributed by atoms with van der Waals surface area (Å²) in [5.74, 6) is 0. The number of hydrogen-bond acceptors (Lipinski definition) is 2. The molecule has 0 aliphatic heterocycles. The van der Waals surface area contributed by atoms with Crippen molar-refractivity contribution >= 4 is 15.9 Å². The zero-order chi connectivity index (χ0) is 7.11. The van der Waals surface area contributed by atoms with E-state index in [-0.39, 0.29) is 5.01 Å². The summed E-state index contributed by atoms with van der Waals surface area (Å²) in [5.41, 5.74) is 0. The van der Waals surface area contributed by atoms with E-state index < -0.39 is 0 Å². The molecule has 0 rings (SSSR count). The van der Waals surface area contributed by atoms with E-state index in [1.807, 2.05) is 0 Å². The molecule has 9 heavy (non-hydrogen) atoms. The van der Waals surface area contributed by atoms with Crippen molar-refractivity contribution in [3.8, 4) is 0 Å². The smallest absolute Gasteiger partial charge is 0.112 e. The molecule has 56 valence electrons. The van der Waals surface area contributed by atoms with Crippen LogP contribution in [0.5, 0.6) is 0 Å². The summed E-state index contributed by atoms with van der Waals surface area (Å²) in [6.45, 7) is 3.40. The van der Waals surface area contributed by atoms with Gasteiger partial charge in [-0.05, 0) is 6.42 Å². The lowest BCUT2D eigenvalue weighted by Gasteiger charge is -2.06. The fraction of sp³-hybridized carbons (Fsp3) is 1.00. The van der Waals surface area contributed by atoms with Crippen LogP contribution in [0.3, 0.4) is 0 Å². The molecule has 0 saturated heterocycles. The first-order chi connectivity index (χ1) is 4.31. The summed E-state index contributed by atoms with van der Waals surface area (Å²) in [6, 6.07) is 0. The third kappa shape index (κ3) is 6.28. The Bertz CT molecular complexity index is 59.0. The van der Waals surface area contributed by atoms with Gasteiger partial charge in [0.1, 0.15) is 5.01 Å². The lowest BCUT2D eigenvalue weighted by atomic mass is 10.5. The van der Waals surface area contributed by atoms with E-state index in [2.05, 4.69) is 22.9 Å². The lowest BCUT2D eigenvalue weighted by Crippen LogP contribution is -2.07. The molecule has 0 spiro atoms. The highest BCUT2D eigenvalue weighted by Gasteiger charge is 1.97. The summed E-state index contributed by atoms with van der Waals surface area (Å²) in [4.78, 5) is 0. The molecule has 0 radical (unpaired) electrons. The third-order valence-corrected chi connectivity index (χ3v) is 1.82. The monoisotopic (exact) mass is 196 g/mol. The van der Waals surface area contributed by atoms with Crippen LogP contribution in [0.15, 0.2) is 0 Å². The van der Waals surface area contributed by atoms with Crippen LogP contribution in [-0.2, 0) is 9.47 Å². The Morgan fingerprint density at radius 2 is 2.11 bits per heavy atom. The second kappa shape index (κ2) is 6.52. The first-order valence-electron chi connectivity index (χ1n) is 3.05. The topological polar surface area (TPSA) is 18.5 Å².